The second kappa shape index (κ2) is 10.7. The van der Waals surface area contributed by atoms with Crippen LogP contribution < -0.4 is 10.2 Å². The third-order valence-corrected chi connectivity index (χ3v) is 5.76. The second-order valence-corrected chi connectivity index (χ2v) is 7.74. The molecule has 1 heterocycles. The Kier molecular flexibility index (Phi) is 8.95. The van der Waals surface area contributed by atoms with Crippen LogP contribution in [0.15, 0.2) is 29.3 Å². The third kappa shape index (κ3) is 6.39. The Hall–Kier alpha value is -0.730. The van der Waals surface area contributed by atoms with Crippen LogP contribution in [0, 0.1) is 5.41 Å². The number of nitrogens with one attached hydrogen (secondary N) is 1. The molecule has 1 aromatic rings. The zero-order valence-electron chi connectivity index (χ0n) is 16.4. The molecule has 5 nitrogen and oxygen atoms in total. The predicted octanol–water partition coefficient (Wildman–Crippen LogP) is 3.86. The molecule has 2 fully saturated rings. The molecule has 1 aromatic carbocycles. The highest BCUT2D eigenvalue weighted by atomic mass is 127. The summed E-state index contributed by atoms with van der Waals surface area (Å²) in [7, 11) is 1.88. The lowest BCUT2D eigenvalue weighted by Gasteiger charge is -2.38. The van der Waals surface area contributed by atoms with Crippen LogP contribution in [0.4, 0.5) is 5.69 Å². The van der Waals surface area contributed by atoms with Crippen LogP contribution in [0.3, 0.4) is 0 Å². The van der Waals surface area contributed by atoms with Gasteiger partial charge < -0.3 is 19.9 Å². The number of anilines is 1. The van der Waals surface area contributed by atoms with Gasteiger partial charge in [-0.2, -0.15) is 0 Å². The van der Waals surface area contributed by atoms with Crippen molar-refractivity contribution >= 4 is 47.2 Å². The molecule has 0 aromatic heterocycles. The van der Waals surface area contributed by atoms with Crippen LogP contribution in [-0.4, -0.2) is 63.8 Å². The summed E-state index contributed by atoms with van der Waals surface area (Å²) < 4.78 is 5.54. The van der Waals surface area contributed by atoms with Gasteiger partial charge >= 0.3 is 0 Å². The number of aliphatic imine (C=N–C) groups is 1. The van der Waals surface area contributed by atoms with E-state index in [9.17, 15) is 0 Å². The van der Waals surface area contributed by atoms with Crippen LogP contribution in [0.2, 0.25) is 5.02 Å². The minimum atomic E-state index is 0. The highest BCUT2D eigenvalue weighted by Crippen LogP contribution is 2.48. The Bertz CT molecular complexity index is 616. The predicted molar refractivity (Wildman–Crippen MR) is 125 cm³/mol. The van der Waals surface area contributed by atoms with Crippen LogP contribution in [0.25, 0.3) is 0 Å². The normalized spacial score (nSPS) is 18.9. The van der Waals surface area contributed by atoms with Crippen LogP contribution in [-0.2, 0) is 4.74 Å². The summed E-state index contributed by atoms with van der Waals surface area (Å²) >= 11 is 6.13. The van der Waals surface area contributed by atoms with E-state index in [1.807, 2.05) is 25.2 Å². The number of piperazine rings is 1. The molecular formula is C20H32ClIN4O. The number of hydrogen-bond acceptors (Lipinski definition) is 3. The lowest BCUT2D eigenvalue weighted by molar-refractivity contribution is 0.128. The number of ether oxygens (including phenoxy) is 1. The number of nitrogens with zero attached hydrogens (tertiary/aromatic N) is 3. The second-order valence-electron chi connectivity index (χ2n) is 7.30. The Morgan fingerprint density at radius 3 is 2.59 bits per heavy atom. The Labute approximate surface area is 185 Å². The van der Waals surface area contributed by atoms with Crippen LogP contribution >= 0.6 is 35.6 Å². The van der Waals surface area contributed by atoms with Gasteiger partial charge in [0.05, 0.1) is 0 Å². The van der Waals surface area contributed by atoms with Gasteiger partial charge in [0.25, 0.3) is 0 Å². The lowest BCUT2D eigenvalue weighted by Crippen LogP contribution is -2.53. The fourth-order valence-corrected chi connectivity index (χ4v) is 3.76. The molecule has 0 amide bonds. The van der Waals surface area contributed by atoms with E-state index < -0.39 is 0 Å². The van der Waals surface area contributed by atoms with E-state index >= 15 is 0 Å². The number of guanidine groups is 1. The zero-order valence-corrected chi connectivity index (χ0v) is 19.5. The van der Waals surface area contributed by atoms with Gasteiger partial charge in [-0.1, -0.05) is 17.7 Å². The molecule has 2 aliphatic rings. The van der Waals surface area contributed by atoms with Gasteiger partial charge in [0.15, 0.2) is 5.96 Å². The molecule has 1 N–H and O–H groups in total. The molecule has 0 bridgehead atoms. The largest absolute Gasteiger partial charge is 0.382 e. The number of halogens is 2. The molecule has 0 radical (unpaired) electrons. The fraction of sp³-hybridized carbons (Fsp3) is 0.650. The zero-order chi connectivity index (χ0) is 18.4. The van der Waals surface area contributed by atoms with Crippen molar-refractivity contribution in [3.8, 4) is 0 Å². The Balaban J connectivity index is 0.00000261. The van der Waals surface area contributed by atoms with Gasteiger partial charge in [0, 0.05) is 63.7 Å². The third-order valence-electron chi connectivity index (χ3n) is 5.52. The van der Waals surface area contributed by atoms with Gasteiger partial charge in [-0.15, -0.1) is 24.0 Å². The molecular weight excluding hydrogens is 475 g/mol. The molecule has 3 rings (SSSR count). The summed E-state index contributed by atoms with van der Waals surface area (Å²) in [5.74, 6) is 1.03. The summed E-state index contributed by atoms with van der Waals surface area (Å²) in [5.41, 5.74) is 1.63. The fourth-order valence-electron chi connectivity index (χ4n) is 3.57. The lowest BCUT2D eigenvalue weighted by atomic mass is 10.0. The average Bonchev–Trinajstić information content (AvgIpc) is 3.43. The van der Waals surface area contributed by atoms with Crippen LogP contribution in [0.1, 0.15) is 26.2 Å². The van der Waals surface area contributed by atoms with E-state index in [4.69, 9.17) is 16.3 Å². The van der Waals surface area contributed by atoms with E-state index in [1.165, 1.54) is 18.5 Å². The summed E-state index contributed by atoms with van der Waals surface area (Å²) in [6.45, 7) is 8.64. The first-order valence-corrected chi connectivity index (χ1v) is 10.1. The van der Waals surface area contributed by atoms with Gasteiger partial charge in [-0.25, -0.2) is 0 Å². The van der Waals surface area contributed by atoms with E-state index in [0.29, 0.717) is 5.41 Å². The average molecular weight is 507 g/mol. The van der Waals surface area contributed by atoms with Gasteiger partial charge in [-0.05, 0) is 49.8 Å². The summed E-state index contributed by atoms with van der Waals surface area (Å²) in [6, 6.07) is 8.11. The smallest absolute Gasteiger partial charge is 0.193 e. The Morgan fingerprint density at radius 1 is 1.26 bits per heavy atom. The summed E-state index contributed by atoms with van der Waals surface area (Å²) in [6.07, 6.45) is 3.74. The van der Waals surface area contributed by atoms with Crippen molar-refractivity contribution < 1.29 is 4.74 Å². The van der Waals surface area contributed by atoms with Gasteiger partial charge in [0.1, 0.15) is 0 Å². The maximum Gasteiger partial charge on any atom is 0.193 e. The molecule has 27 heavy (non-hydrogen) atoms. The molecule has 152 valence electrons. The van der Waals surface area contributed by atoms with Crippen molar-refractivity contribution in [2.45, 2.75) is 26.2 Å². The van der Waals surface area contributed by atoms with E-state index in [2.05, 4.69) is 33.1 Å². The molecule has 1 aliphatic heterocycles. The summed E-state index contributed by atoms with van der Waals surface area (Å²) in [5, 5.41) is 4.41. The topological polar surface area (TPSA) is 40.1 Å². The van der Waals surface area contributed by atoms with Gasteiger partial charge in [0.2, 0.25) is 0 Å². The SMILES string of the molecule is CCOCCC1(CNC(=NC)N2CCN(c3cccc(Cl)c3)CC2)CC1.I. The van der Waals surface area contributed by atoms with Crippen molar-refractivity contribution in [3.05, 3.63) is 29.3 Å². The molecule has 0 atom stereocenters. The van der Waals surface area contributed by atoms with E-state index in [-0.39, 0.29) is 24.0 Å². The maximum absolute atomic E-state index is 6.13. The van der Waals surface area contributed by atoms with E-state index in [0.717, 1.165) is 63.3 Å². The number of rotatable bonds is 7. The first kappa shape index (κ1) is 22.6. The minimum Gasteiger partial charge on any atom is -0.382 e. The first-order chi connectivity index (χ1) is 12.7. The molecule has 1 saturated heterocycles. The van der Waals surface area contributed by atoms with Crippen molar-refractivity contribution in [2.75, 3.05) is 57.9 Å². The molecule has 1 saturated carbocycles. The quantitative estimate of drug-likeness (QED) is 0.264. The molecule has 0 unspecified atom stereocenters. The molecule has 7 heteroatoms. The highest BCUT2D eigenvalue weighted by Gasteiger charge is 2.42. The first-order valence-electron chi connectivity index (χ1n) is 9.70. The Morgan fingerprint density at radius 2 is 2.00 bits per heavy atom. The molecule has 1 aliphatic carbocycles. The molecule has 0 spiro atoms. The maximum atomic E-state index is 6.13. The van der Waals surface area contributed by atoms with Crippen LogP contribution in [0.5, 0.6) is 0 Å². The highest BCUT2D eigenvalue weighted by molar-refractivity contribution is 14.0. The van der Waals surface area contributed by atoms with Crippen molar-refractivity contribution in [1.82, 2.24) is 10.2 Å². The monoisotopic (exact) mass is 506 g/mol. The standard InChI is InChI=1S/C20H31ClN4O.HI/c1-3-26-14-9-20(7-8-20)16-23-19(22-2)25-12-10-24(11-13-25)18-6-4-5-17(21)15-18;/h4-6,15H,3,7-14,16H2,1-2H3,(H,22,23);1H. The summed E-state index contributed by atoms with van der Waals surface area (Å²) in [4.78, 5) is 9.26. The number of hydrogen-bond donors (Lipinski definition) is 1. The van der Waals surface area contributed by atoms with Crippen molar-refractivity contribution in [3.63, 3.8) is 0 Å². The van der Waals surface area contributed by atoms with Gasteiger partial charge in [-0.3, -0.25) is 4.99 Å². The minimum absolute atomic E-state index is 0. The number of benzene rings is 1. The van der Waals surface area contributed by atoms with Crippen molar-refractivity contribution in [2.24, 2.45) is 10.4 Å². The van der Waals surface area contributed by atoms with Crippen molar-refractivity contribution in [1.29, 1.82) is 0 Å². The van der Waals surface area contributed by atoms with E-state index in [1.54, 1.807) is 0 Å².